The molecular formula is C8H9ClN4S. The fourth-order valence-corrected chi connectivity index (χ4v) is 1.93. The monoisotopic (exact) mass is 228 g/mol. The van der Waals surface area contributed by atoms with Gasteiger partial charge in [-0.3, -0.25) is 4.68 Å². The minimum absolute atomic E-state index is 0.491. The van der Waals surface area contributed by atoms with Crippen LogP contribution in [0.25, 0.3) is 0 Å². The van der Waals surface area contributed by atoms with E-state index in [1.54, 1.807) is 28.4 Å². The normalized spacial score (nSPS) is 10.7. The van der Waals surface area contributed by atoms with Crippen LogP contribution in [0.2, 0.25) is 5.02 Å². The van der Waals surface area contributed by atoms with Gasteiger partial charge in [0, 0.05) is 18.1 Å². The number of hydrogen-bond donors (Lipinski definition) is 1. The third-order valence-corrected chi connectivity index (χ3v) is 2.81. The average molecular weight is 229 g/mol. The fourth-order valence-electron chi connectivity index (χ4n) is 1.11. The molecule has 4 nitrogen and oxygen atoms in total. The van der Waals surface area contributed by atoms with Crippen LogP contribution < -0.4 is 5.73 Å². The number of nitrogens with zero attached hydrogens (tertiary/aromatic N) is 3. The lowest BCUT2D eigenvalue weighted by molar-refractivity contribution is 0.674. The zero-order chi connectivity index (χ0) is 9.97. The summed E-state index contributed by atoms with van der Waals surface area (Å²) >= 11 is 7.30. The van der Waals surface area contributed by atoms with Crippen LogP contribution in [0.1, 0.15) is 10.7 Å². The molecule has 0 aliphatic heterocycles. The van der Waals surface area contributed by atoms with Gasteiger partial charge in [0.15, 0.2) is 0 Å². The zero-order valence-corrected chi connectivity index (χ0v) is 8.92. The third-order valence-electron chi connectivity index (χ3n) is 1.70. The molecule has 0 fully saturated rings. The van der Waals surface area contributed by atoms with Gasteiger partial charge >= 0.3 is 0 Å². The lowest BCUT2D eigenvalue weighted by Crippen LogP contribution is -2.01. The van der Waals surface area contributed by atoms with Gasteiger partial charge in [0.1, 0.15) is 5.01 Å². The van der Waals surface area contributed by atoms with E-state index in [0.29, 0.717) is 18.1 Å². The summed E-state index contributed by atoms with van der Waals surface area (Å²) < 4.78 is 1.75. The van der Waals surface area contributed by atoms with E-state index in [9.17, 15) is 0 Å². The first-order valence-electron chi connectivity index (χ1n) is 4.09. The average Bonchev–Trinajstić information content (AvgIpc) is 2.76. The summed E-state index contributed by atoms with van der Waals surface area (Å²) in [5.41, 5.74) is 6.43. The molecule has 2 rings (SSSR count). The van der Waals surface area contributed by atoms with E-state index in [0.717, 1.165) is 10.7 Å². The van der Waals surface area contributed by atoms with Gasteiger partial charge in [0.2, 0.25) is 0 Å². The van der Waals surface area contributed by atoms with Crippen LogP contribution in [0, 0.1) is 0 Å². The Balaban J connectivity index is 2.10. The van der Waals surface area contributed by atoms with E-state index in [2.05, 4.69) is 10.1 Å². The molecule has 0 aliphatic rings. The highest BCUT2D eigenvalue weighted by molar-refractivity contribution is 7.09. The molecule has 74 valence electrons. The largest absolute Gasteiger partial charge is 0.325 e. The predicted octanol–water partition coefficient (Wildman–Crippen LogP) is 1.50. The van der Waals surface area contributed by atoms with Crippen molar-refractivity contribution in [1.82, 2.24) is 14.8 Å². The number of thiazole rings is 1. The Labute approximate surface area is 90.3 Å². The van der Waals surface area contributed by atoms with E-state index in [1.807, 2.05) is 5.38 Å². The molecule has 0 radical (unpaired) electrons. The van der Waals surface area contributed by atoms with Gasteiger partial charge in [-0.2, -0.15) is 5.10 Å². The van der Waals surface area contributed by atoms with E-state index in [4.69, 9.17) is 17.3 Å². The maximum Gasteiger partial charge on any atom is 0.107 e. The molecule has 0 saturated carbocycles. The number of halogens is 1. The second kappa shape index (κ2) is 4.08. The van der Waals surface area contributed by atoms with E-state index >= 15 is 0 Å². The second-order valence-corrected chi connectivity index (χ2v) is 4.17. The molecule has 2 N–H and O–H groups in total. The lowest BCUT2D eigenvalue weighted by Gasteiger charge is -1.95. The molecule has 2 aromatic heterocycles. The van der Waals surface area contributed by atoms with E-state index in [-0.39, 0.29) is 0 Å². The minimum atomic E-state index is 0.491. The number of aromatic nitrogens is 3. The van der Waals surface area contributed by atoms with Crippen molar-refractivity contribution in [3.05, 3.63) is 33.5 Å². The van der Waals surface area contributed by atoms with Crippen molar-refractivity contribution in [2.45, 2.75) is 13.1 Å². The smallest absolute Gasteiger partial charge is 0.107 e. The van der Waals surface area contributed by atoms with Crippen LogP contribution in [0.15, 0.2) is 17.8 Å². The molecule has 0 amide bonds. The number of hydrogen-bond acceptors (Lipinski definition) is 4. The Bertz CT molecular complexity index is 422. The van der Waals surface area contributed by atoms with Gasteiger partial charge in [0.25, 0.3) is 0 Å². The van der Waals surface area contributed by atoms with Crippen LogP contribution in [-0.4, -0.2) is 14.8 Å². The zero-order valence-electron chi connectivity index (χ0n) is 7.35. The topological polar surface area (TPSA) is 56.7 Å². The summed E-state index contributed by atoms with van der Waals surface area (Å²) in [4.78, 5) is 4.32. The van der Waals surface area contributed by atoms with Gasteiger partial charge in [-0.25, -0.2) is 4.98 Å². The van der Waals surface area contributed by atoms with Crippen LogP contribution in [0.4, 0.5) is 0 Å². The molecule has 0 spiro atoms. The first-order valence-corrected chi connectivity index (χ1v) is 5.35. The van der Waals surface area contributed by atoms with Crippen molar-refractivity contribution < 1.29 is 0 Å². The predicted molar refractivity (Wildman–Crippen MR) is 56.3 cm³/mol. The van der Waals surface area contributed by atoms with E-state index in [1.165, 1.54) is 0 Å². The summed E-state index contributed by atoms with van der Waals surface area (Å²) in [5.74, 6) is 0. The van der Waals surface area contributed by atoms with Crippen molar-refractivity contribution in [1.29, 1.82) is 0 Å². The molecule has 0 bridgehead atoms. The highest BCUT2D eigenvalue weighted by atomic mass is 35.5. The Morgan fingerprint density at radius 3 is 3.00 bits per heavy atom. The summed E-state index contributed by atoms with van der Waals surface area (Å²) in [6.45, 7) is 1.13. The first-order chi connectivity index (χ1) is 6.78. The van der Waals surface area contributed by atoms with Gasteiger partial charge in [-0.05, 0) is 0 Å². The molecule has 2 heterocycles. The Hall–Kier alpha value is -0.910. The van der Waals surface area contributed by atoms with Crippen molar-refractivity contribution in [2.24, 2.45) is 5.73 Å². The minimum Gasteiger partial charge on any atom is -0.325 e. The van der Waals surface area contributed by atoms with E-state index < -0.39 is 0 Å². The summed E-state index contributed by atoms with van der Waals surface area (Å²) in [5, 5.41) is 7.63. The Morgan fingerprint density at radius 2 is 2.43 bits per heavy atom. The van der Waals surface area contributed by atoms with Crippen LogP contribution in [0.5, 0.6) is 0 Å². The molecule has 14 heavy (non-hydrogen) atoms. The molecule has 0 unspecified atom stereocenters. The summed E-state index contributed by atoms with van der Waals surface area (Å²) in [6, 6.07) is 0. The van der Waals surface area contributed by atoms with Crippen LogP contribution in [0.3, 0.4) is 0 Å². The summed E-state index contributed by atoms with van der Waals surface area (Å²) in [6.07, 6.45) is 3.38. The maximum atomic E-state index is 5.74. The molecule has 0 saturated heterocycles. The first kappa shape index (κ1) is 9.64. The van der Waals surface area contributed by atoms with Crippen LogP contribution in [-0.2, 0) is 13.1 Å². The van der Waals surface area contributed by atoms with Gasteiger partial charge in [-0.1, -0.05) is 11.6 Å². The van der Waals surface area contributed by atoms with Crippen molar-refractivity contribution in [2.75, 3.05) is 0 Å². The molecule has 0 atom stereocenters. The standard InChI is InChI=1S/C8H9ClN4S/c9-6-2-11-13(3-6)4-7-5-14-8(1-10)12-7/h2-3,5H,1,4,10H2. The maximum absolute atomic E-state index is 5.74. The number of rotatable bonds is 3. The molecule has 2 aromatic rings. The van der Waals surface area contributed by atoms with Gasteiger partial charge in [-0.15, -0.1) is 11.3 Å². The highest BCUT2D eigenvalue weighted by Crippen LogP contribution is 2.11. The molecule has 0 aliphatic carbocycles. The van der Waals surface area contributed by atoms with Gasteiger partial charge in [0.05, 0.1) is 23.5 Å². The molecule has 0 aromatic carbocycles. The fraction of sp³-hybridized carbons (Fsp3) is 0.250. The van der Waals surface area contributed by atoms with Crippen LogP contribution >= 0.6 is 22.9 Å². The third kappa shape index (κ3) is 2.12. The van der Waals surface area contributed by atoms with Crippen molar-refractivity contribution in [3.8, 4) is 0 Å². The van der Waals surface area contributed by atoms with Crippen molar-refractivity contribution in [3.63, 3.8) is 0 Å². The molecular weight excluding hydrogens is 220 g/mol. The SMILES string of the molecule is NCc1nc(Cn2cc(Cl)cn2)cs1. The quantitative estimate of drug-likeness (QED) is 0.866. The second-order valence-electron chi connectivity index (χ2n) is 2.79. The van der Waals surface area contributed by atoms with Crippen molar-refractivity contribution >= 4 is 22.9 Å². The number of nitrogens with two attached hydrogens (primary N) is 1. The highest BCUT2D eigenvalue weighted by Gasteiger charge is 2.02. The molecule has 6 heteroatoms. The Morgan fingerprint density at radius 1 is 1.57 bits per heavy atom. The van der Waals surface area contributed by atoms with Gasteiger partial charge < -0.3 is 5.73 Å². The lowest BCUT2D eigenvalue weighted by atomic mass is 10.5. The Kier molecular flexibility index (Phi) is 2.81. The summed E-state index contributed by atoms with van der Waals surface area (Å²) in [7, 11) is 0.